The van der Waals surface area contributed by atoms with Crippen LogP contribution in [0.15, 0.2) is 12.2 Å². The Bertz CT molecular complexity index is 371. The van der Waals surface area contributed by atoms with Gasteiger partial charge in [-0.05, 0) is 38.2 Å². The van der Waals surface area contributed by atoms with Gasteiger partial charge in [0.1, 0.15) is 0 Å². The molecule has 0 aromatic carbocycles. The van der Waals surface area contributed by atoms with Crippen molar-refractivity contribution in [1.82, 2.24) is 0 Å². The first-order valence-corrected chi connectivity index (χ1v) is 5.85. The van der Waals surface area contributed by atoms with E-state index in [0.29, 0.717) is 12.8 Å². The molecule has 3 heteroatoms. The van der Waals surface area contributed by atoms with Gasteiger partial charge in [-0.2, -0.15) is 0 Å². The van der Waals surface area contributed by atoms with Crippen LogP contribution in [0, 0.1) is 16.7 Å². The van der Waals surface area contributed by atoms with Gasteiger partial charge in [-0.3, -0.25) is 9.59 Å². The van der Waals surface area contributed by atoms with Crippen molar-refractivity contribution in [3.8, 4) is 0 Å². The van der Waals surface area contributed by atoms with Crippen LogP contribution in [0.3, 0.4) is 0 Å². The fraction of sp³-hybridized carbons (Fsp3) is 0.692. The molecule has 0 amide bonds. The number of carboxylic acids is 1. The minimum absolute atomic E-state index is 0.0521. The number of hydrogen-bond donors (Lipinski definition) is 1. The van der Waals surface area contributed by atoms with Crippen LogP contribution in [0.2, 0.25) is 0 Å². The van der Waals surface area contributed by atoms with E-state index in [0.717, 1.165) is 12.8 Å². The summed E-state index contributed by atoms with van der Waals surface area (Å²) in [6.45, 7) is 3.73. The fourth-order valence-electron chi connectivity index (χ4n) is 3.45. The Balaban J connectivity index is 2.45. The molecule has 0 aliphatic heterocycles. The van der Waals surface area contributed by atoms with E-state index in [-0.39, 0.29) is 11.7 Å². The summed E-state index contributed by atoms with van der Waals surface area (Å²) < 4.78 is 0. The molecule has 0 radical (unpaired) electrons. The smallest absolute Gasteiger partial charge is 0.309 e. The number of carbonyl (C=O) groups is 2. The van der Waals surface area contributed by atoms with E-state index in [4.69, 9.17) is 0 Å². The monoisotopic (exact) mass is 222 g/mol. The third-order valence-corrected chi connectivity index (χ3v) is 4.62. The van der Waals surface area contributed by atoms with Crippen LogP contribution in [0.1, 0.15) is 39.5 Å². The molecule has 16 heavy (non-hydrogen) atoms. The van der Waals surface area contributed by atoms with E-state index < -0.39 is 16.8 Å². The van der Waals surface area contributed by atoms with Crippen LogP contribution >= 0.6 is 0 Å². The Hall–Kier alpha value is -1.12. The zero-order valence-corrected chi connectivity index (χ0v) is 9.82. The van der Waals surface area contributed by atoms with Crippen LogP contribution < -0.4 is 0 Å². The highest BCUT2D eigenvalue weighted by molar-refractivity contribution is 5.96. The van der Waals surface area contributed by atoms with Crippen LogP contribution in [0.25, 0.3) is 0 Å². The normalized spacial score (nSPS) is 42.9. The average molecular weight is 222 g/mol. The van der Waals surface area contributed by atoms with Crippen molar-refractivity contribution in [2.75, 3.05) is 0 Å². The number of fused-ring (bicyclic) bond motifs is 1. The first-order valence-electron chi connectivity index (χ1n) is 5.85. The molecule has 0 heterocycles. The standard InChI is InChI=1S/C13H18O3/c1-12-7-4-8-13(2,11(15)16)9(12)5-3-6-10(12)14/h3,6,9H,4-5,7-8H2,1-2H3,(H,15,16)/t9-,12+,13+/m1/s1. The molecule has 0 unspecified atom stereocenters. The van der Waals surface area contributed by atoms with Gasteiger partial charge < -0.3 is 5.11 Å². The molecule has 1 saturated carbocycles. The maximum absolute atomic E-state index is 12.0. The summed E-state index contributed by atoms with van der Waals surface area (Å²) in [6, 6.07) is 0. The number of hydrogen-bond acceptors (Lipinski definition) is 2. The summed E-state index contributed by atoms with van der Waals surface area (Å²) in [7, 11) is 0. The summed E-state index contributed by atoms with van der Waals surface area (Å²) in [5.74, 6) is -0.703. The Kier molecular flexibility index (Phi) is 2.44. The van der Waals surface area contributed by atoms with Gasteiger partial charge in [-0.1, -0.05) is 19.4 Å². The number of aliphatic carboxylic acids is 1. The number of carbonyl (C=O) groups excluding carboxylic acids is 1. The molecule has 2 aliphatic rings. The Morgan fingerprint density at radius 1 is 1.44 bits per heavy atom. The third-order valence-electron chi connectivity index (χ3n) is 4.62. The average Bonchev–Trinajstić information content (AvgIpc) is 2.21. The van der Waals surface area contributed by atoms with Crippen molar-refractivity contribution < 1.29 is 14.7 Å². The molecule has 0 aromatic heterocycles. The second-order valence-electron chi connectivity index (χ2n) is 5.55. The molecule has 2 aliphatic carbocycles. The summed E-state index contributed by atoms with van der Waals surface area (Å²) in [5.41, 5.74) is -1.20. The minimum Gasteiger partial charge on any atom is -0.481 e. The maximum Gasteiger partial charge on any atom is 0.309 e. The van der Waals surface area contributed by atoms with Crippen LogP contribution in [0.4, 0.5) is 0 Å². The van der Waals surface area contributed by atoms with Crippen molar-refractivity contribution >= 4 is 11.8 Å². The SMILES string of the molecule is C[C@]1(C(=O)O)CCC[C@]2(C)C(=O)C=CC[C@@H]12. The predicted octanol–water partition coefficient (Wildman–Crippen LogP) is 2.41. The van der Waals surface area contributed by atoms with Gasteiger partial charge in [-0.15, -0.1) is 0 Å². The van der Waals surface area contributed by atoms with E-state index in [2.05, 4.69) is 0 Å². The molecule has 2 rings (SSSR count). The van der Waals surface area contributed by atoms with Gasteiger partial charge >= 0.3 is 5.97 Å². The van der Waals surface area contributed by atoms with Crippen molar-refractivity contribution in [3.05, 3.63) is 12.2 Å². The zero-order chi connectivity index (χ0) is 12.0. The highest BCUT2D eigenvalue weighted by Gasteiger charge is 2.55. The van der Waals surface area contributed by atoms with Crippen molar-refractivity contribution in [2.24, 2.45) is 16.7 Å². The van der Waals surface area contributed by atoms with E-state index in [1.807, 2.05) is 13.0 Å². The molecule has 1 fully saturated rings. The maximum atomic E-state index is 12.0. The highest BCUT2D eigenvalue weighted by atomic mass is 16.4. The van der Waals surface area contributed by atoms with Gasteiger partial charge in [0, 0.05) is 5.41 Å². The van der Waals surface area contributed by atoms with Crippen molar-refractivity contribution in [1.29, 1.82) is 0 Å². The molecule has 3 atom stereocenters. The van der Waals surface area contributed by atoms with E-state index in [1.54, 1.807) is 13.0 Å². The van der Waals surface area contributed by atoms with Gasteiger partial charge in [0.15, 0.2) is 5.78 Å². The predicted molar refractivity (Wildman–Crippen MR) is 60.0 cm³/mol. The molecule has 1 N–H and O–H groups in total. The second-order valence-corrected chi connectivity index (χ2v) is 5.55. The highest BCUT2D eigenvalue weighted by Crippen LogP contribution is 2.55. The zero-order valence-electron chi connectivity index (χ0n) is 9.82. The summed E-state index contributed by atoms with van der Waals surface area (Å²) in [5, 5.41) is 9.40. The third kappa shape index (κ3) is 1.34. The largest absolute Gasteiger partial charge is 0.481 e. The lowest BCUT2D eigenvalue weighted by molar-refractivity contribution is -0.162. The molecule has 0 aromatic rings. The molecule has 0 saturated heterocycles. The van der Waals surface area contributed by atoms with E-state index in [1.165, 1.54) is 0 Å². The Morgan fingerprint density at radius 3 is 2.75 bits per heavy atom. The number of rotatable bonds is 1. The first kappa shape index (κ1) is 11.4. The van der Waals surface area contributed by atoms with Crippen LogP contribution in [-0.4, -0.2) is 16.9 Å². The first-order chi connectivity index (χ1) is 7.41. The second kappa shape index (κ2) is 3.44. The molecule has 3 nitrogen and oxygen atoms in total. The lowest BCUT2D eigenvalue weighted by atomic mass is 9.52. The van der Waals surface area contributed by atoms with E-state index in [9.17, 15) is 14.7 Å². The van der Waals surface area contributed by atoms with Gasteiger partial charge in [0.05, 0.1) is 5.41 Å². The van der Waals surface area contributed by atoms with Gasteiger partial charge in [0.2, 0.25) is 0 Å². The molecule has 0 bridgehead atoms. The topological polar surface area (TPSA) is 54.4 Å². The number of allylic oxidation sites excluding steroid dienone is 2. The molecular weight excluding hydrogens is 204 g/mol. The minimum atomic E-state index is -0.758. The molecular formula is C13H18O3. The summed E-state index contributed by atoms with van der Waals surface area (Å²) in [4.78, 5) is 23.4. The van der Waals surface area contributed by atoms with Gasteiger partial charge in [0.25, 0.3) is 0 Å². The van der Waals surface area contributed by atoms with Crippen LogP contribution in [0.5, 0.6) is 0 Å². The van der Waals surface area contributed by atoms with Crippen LogP contribution in [-0.2, 0) is 9.59 Å². The summed E-state index contributed by atoms with van der Waals surface area (Å²) in [6.07, 6.45) is 6.51. The summed E-state index contributed by atoms with van der Waals surface area (Å²) >= 11 is 0. The molecule has 0 spiro atoms. The quantitative estimate of drug-likeness (QED) is 0.741. The lowest BCUT2D eigenvalue weighted by Gasteiger charge is -2.50. The van der Waals surface area contributed by atoms with Crippen molar-refractivity contribution in [2.45, 2.75) is 39.5 Å². The lowest BCUT2D eigenvalue weighted by Crippen LogP contribution is -2.52. The Labute approximate surface area is 95.5 Å². The van der Waals surface area contributed by atoms with Gasteiger partial charge in [-0.25, -0.2) is 0 Å². The Morgan fingerprint density at radius 2 is 2.12 bits per heavy atom. The number of ketones is 1. The fourth-order valence-corrected chi connectivity index (χ4v) is 3.45. The molecule has 88 valence electrons. The number of carboxylic acid groups (broad SMARTS) is 1. The van der Waals surface area contributed by atoms with E-state index >= 15 is 0 Å². The van der Waals surface area contributed by atoms with Crippen molar-refractivity contribution in [3.63, 3.8) is 0 Å².